The third-order valence-corrected chi connectivity index (χ3v) is 4.56. The van der Waals surface area contributed by atoms with Crippen molar-refractivity contribution in [3.8, 4) is 11.3 Å². The SMILES string of the molecule is O=c1cc(CCC2CCNC2)nc2cc(-c3ccccc3)[nH]n12. The fourth-order valence-corrected chi connectivity index (χ4v) is 3.25. The van der Waals surface area contributed by atoms with Gasteiger partial charge in [0.15, 0.2) is 5.65 Å². The Morgan fingerprint density at radius 2 is 2.09 bits per heavy atom. The maximum absolute atomic E-state index is 12.3. The number of fused-ring (bicyclic) bond motifs is 1. The Morgan fingerprint density at radius 1 is 1.22 bits per heavy atom. The molecule has 0 saturated carbocycles. The number of rotatable bonds is 4. The summed E-state index contributed by atoms with van der Waals surface area (Å²) >= 11 is 0. The minimum atomic E-state index is -0.0447. The van der Waals surface area contributed by atoms with Crippen molar-refractivity contribution in [2.45, 2.75) is 19.3 Å². The normalized spacial score (nSPS) is 17.8. The van der Waals surface area contributed by atoms with E-state index in [1.807, 2.05) is 36.4 Å². The smallest absolute Gasteiger partial charge is 0.272 e. The van der Waals surface area contributed by atoms with E-state index >= 15 is 0 Å². The zero-order valence-electron chi connectivity index (χ0n) is 13.0. The van der Waals surface area contributed by atoms with Gasteiger partial charge in [-0.25, -0.2) is 9.50 Å². The third-order valence-electron chi connectivity index (χ3n) is 4.56. The summed E-state index contributed by atoms with van der Waals surface area (Å²) in [5.74, 6) is 0.710. The first-order valence-corrected chi connectivity index (χ1v) is 8.17. The van der Waals surface area contributed by atoms with Crippen LogP contribution in [0.4, 0.5) is 0 Å². The van der Waals surface area contributed by atoms with E-state index < -0.39 is 0 Å². The van der Waals surface area contributed by atoms with Crippen LogP contribution in [0, 0.1) is 5.92 Å². The van der Waals surface area contributed by atoms with Crippen LogP contribution < -0.4 is 10.9 Å². The summed E-state index contributed by atoms with van der Waals surface area (Å²) in [5.41, 5.74) is 3.50. The van der Waals surface area contributed by atoms with Crippen molar-refractivity contribution >= 4 is 5.65 Å². The van der Waals surface area contributed by atoms with Crippen molar-refractivity contribution in [2.24, 2.45) is 5.92 Å². The van der Waals surface area contributed by atoms with Crippen LogP contribution in [0.1, 0.15) is 18.5 Å². The van der Waals surface area contributed by atoms with E-state index in [1.54, 1.807) is 6.07 Å². The molecule has 3 heterocycles. The molecular weight excluding hydrogens is 288 g/mol. The number of benzene rings is 1. The second-order valence-electron chi connectivity index (χ2n) is 6.21. The summed E-state index contributed by atoms with van der Waals surface area (Å²) in [6.45, 7) is 2.20. The molecule has 0 bridgehead atoms. The lowest BCUT2D eigenvalue weighted by atomic mass is 10.0. The monoisotopic (exact) mass is 308 g/mol. The van der Waals surface area contributed by atoms with Crippen LogP contribution >= 0.6 is 0 Å². The van der Waals surface area contributed by atoms with Crippen molar-refractivity contribution in [1.82, 2.24) is 19.9 Å². The Labute approximate surface area is 134 Å². The molecule has 0 aliphatic carbocycles. The molecule has 2 aromatic heterocycles. The van der Waals surface area contributed by atoms with Gasteiger partial charge in [0.05, 0.1) is 5.69 Å². The van der Waals surface area contributed by atoms with E-state index in [2.05, 4.69) is 15.4 Å². The molecule has 118 valence electrons. The van der Waals surface area contributed by atoms with Crippen molar-refractivity contribution in [1.29, 1.82) is 0 Å². The van der Waals surface area contributed by atoms with Crippen LogP contribution in [0.25, 0.3) is 16.9 Å². The molecule has 3 aromatic rings. The fourth-order valence-electron chi connectivity index (χ4n) is 3.25. The van der Waals surface area contributed by atoms with Gasteiger partial charge in [0, 0.05) is 17.8 Å². The zero-order valence-corrected chi connectivity index (χ0v) is 13.0. The summed E-state index contributed by atoms with van der Waals surface area (Å²) in [7, 11) is 0. The Balaban J connectivity index is 1.63. The molecule has 0 radical (unpaired) electrons. The average molecular weight is 308 g/mol. The van der Waals surface area contributed by atoms with Gasteiger partial charge < -0.3 is 5.32 Å². The van der Waals surface area contributed by atoms with E-state index in [-0.39, 0.29) is 5.56 Å². The molecule has 23 heavy (non-hydrogen) atoms. The van der Waals surface area contributed by atoms with Crippen LogP contribution in [-0.2, 0) is 6.42 Å². The Bertz CT molecular complexity index is 860. The number of nitrogens with zero attached hydrogens (tertiary/aromatic N) is 2. The zero-order chi connectivity index (χ0) is 15.6. The molecule has 1 saturated heterocycles. The van der Waals surface area contributed by atoms with Crippen LogP contribution in [0.5, 0.6) is 0 Å². The molecule has 1 fully saturated rings. The minimum Gasteiger partial charge on any atom is -0.316 e. The van der Waals surface area contributed by atoms with Crippen molar-refractivity contribution in [3.63, 3.8) is 0 Å². The molecule has 1 aliphatic heterocycles. The van der Waals surface area contributed by atoms with Gasteiger partial charge >= 0.3 is 0 Å². The summed E-state index contributed by atoms with van der Waals surface area (Å²) in [5, 5.41) is 6.52. The van der Waals surface area contributed by atoms with Crippen LogP contribution in [-0.4, -0.2) is 27.7 Å². The van der Waals surface area contributed by atoms with Crippen LogP contribution in [0.15, 0.2) is 47.3 Å². The predicted molar refractivity (Wildman–Crippen MR) is 90.5 cm³/mol. The van der Waals surface area contributed by atoms with Gasteiger partial charge in [-0.3, -0.25) is 9.89 Å². The molecular formula is C18H20N4O. The largest absolute Gasteiger partial charge is 0.316 e. The standard InChI is InChI=1S/C18H20N4O/c23-18-10-15(7-6-13-8-9-19-12-13)20-17-11-16(21-22(17)18)14-4-2-1-3-5-14/h1-5,10-11,13,19,21H,6-9,12H2. The maximum atomic E-state index is 12.3. The second-order valence-corrected chi connectivity index (χ2v) is 6.21. The average Bonchev–Trinajstić information content (AvgIpc) is 3.23. The molecule has 5 nitrogen and oxygen atoms in total. The van der Waals surface area contributed by atoms with Crippen molar-refractivity contribution < 1.29 is 0 Å². The lowest BCUT2D eigenvalue weighted by Gasteiger charge is -2.07. The topological polar surface area (TPSA) is 62.2 Å². The quantitative estimate of drug-likeness (QED) is 0.777. The molecule has 0 spiro atoms. The molecule has 1 atom stereocenters. The molecule has 1 aromatic carbocycles. The Hall–Kier alpha value is -2.40. The summed E-state index contributed by atoms with van der Waals surface area (Å²) < 4.78 is 1.52. The van der Waals surface area contributed by atoms with Gasteiger partial charge in [0.25, 0.3) is 5.56 Å². The molecule has 5 heteroatoms. The number of aryl methyl sites for hydroxylation is 1. The first kappa shape index (κ1) is 14.2. The summed E-state index contributed by atoms with van der Waals surface area (Å²) in [4.78, 5) is 17.0. The van der Waals surface area contributed by atoms with E-state index in [0.717, 1.165) is 42.9 Å². The van der Waals surface area contributed by atoms with Crippen molar-refractivity contribution in [3.05, 3.63) is 58.5 Å². The second kappa shape index (κ2) is 6.01. The van der Waals surface area contributed by atoms with E-state index in [1.165, 1.54) is 10.9 Å². The first-order valence-electron chi connectivity index (χ1n) is 8.17. The molecule has 4 rings (SSSR count). The van der Waals surface area contributed by atoms with E-state index in [9.17, 15) is 4.79 Å². The highest BCUT2D eigenvalue weighted by molar-refractivity contribution is 5.63. The van der Waals surface area contributed by atoms with Gasteiger partial charge in [-0.15, -0.1) is 0 Å². The lowest BCUT2D eigenvalue weighted by molar-refractivity contribution is 0.529. The molecule has 0 amide bonds. The number of aromatic amines is 1. The Morgan fingerprint density at radius 3 is 2.87 bits per heavy atom. The first-order chi connectivity index (χ1) is 11.3. The summed E-state index contributed by atoms with van der Waals surface area (Å²) in [6.07, 6.45) is 3.18. The number of hydrogen-bond acceptors (Lipinski definition) is 3. The number of nitrogens with one attached hydrogen (secondary N) is 2. The van der Waals surface area contributed by atoms with Crippen LogP contribution in [0.3, 0.4) is 0 Å². The molecule has 1 unspecified atom stereocenters. The molecule has 2 N–H and O–H groups in total. The van der Waals surface area contributed by atoms with E-state index in [4.69, 9.17) is 0 Å². The fraction of sp³-hybridized carbons (Fsp3) is 0.333. The van der Waals surface area contributed by atoms with Gasteiger partial charge in [-0.2, -0.15) is 0 Å². The molecule has 1 aliphatic rings. The van der Waals surface area contributed by atoms with Crippen molar-refractivity contribution in [2.75, 3.05) is 13.1 Å². The highest BCUT2D eigenvalue weighted by Crippen LogP contribution is 2.19. The number of H-pyrrole nitrogens is 1. The van der Waals surface area contributed by atoms with E-state index in [0.29, 0.717) is 11.6 Å². The van der Waals surface area contributed by atoms with Gasteiger partial charge in [0.2, 0.25) is 0 Å². The highest BCUT2D eigenvalue weighted by atomic mass is 16.1. The van der Waals surface area contributed by atoms with Crippen LogP contribution in [0.2, 0.25) is 0 Å². The third kappa shape index (κ3) is 2.92. The van der Waals surface area contributed by atoms with Gasteiger partial charge in [0.1, 0.15) is 0 Å². The number of hydrogen-bond donors (Lipinski definition) is 2. The maximum Gasteiger partial charge on any atom is 0.272 e. The minimum absolute atomic E-state index is 0.0447. The van der Waals surface area contributed by atoms with Gasteiger partial charge in [-0.1, -0.05) is 30.3 Å². The van der Waals surface area contributed by atoms with Gasteiger partial charge in [-0.05, 0) is 43.8 Å². The lowest BCUT2D eigenvalue weighted by Crippen LogP contribution is -2.16. The Kier molecular flexibility index (Phi) is 3.71. The highest BCUT2D eigenvalue weighted by Gasteiger charge is 2.15. The summed E-state index contributed by atoms with van der Waals surface area (Å²) in [6, 6.07) is 13.6. The number of aromatic nitrogens is 3. The predicted octanol–water partition coefficient (Wildman–Crippen LogP) is 2.23.